The number of esters is 1. The fraction of sp³-hybridized carbons (Fsp3) is 0. The summed E-state index contributed by atoms with van der Waals surface area (Å²) in [6, 6.07) is 26.3. The van der Waals surface area contributed by atoms with Crippen LogP contribution in [0.4, 0.5) is 5.69 Å². The van der Waals surface area contributed by atoms with E-state index in [9.17, 15) is 14.9 Å². The van der Waals surface area contributed by atoms with Crippen LogP contribution in [0, 0.1) is 10.1 Å². The maximum atomic E-state index is 11.7. The van der Waals surface area contributed by atoms with E-state index in [2.05, 4.69) is 58.5 Å². The van der Waals surface area contributed by atoms with Crippen molar-refractivity contribution < 1.29 is 14.5 Å². The van der Waals surface area contributed by atoms with E-state index < -0.39 is 10.9 Å². The molecule has 1 aromatic heterocycles. The molecule has 0 radical (unpaired) electrons. The molecule has 0 aliphatic rings. The first-order valence-corrected chi connectivity index (χ1v) is 8.70. The van der Waals surface area contributed by atoms with Gasteiger partial charge in [-0.1, -0.05) is 72.8 Å². The van der Waals surface area contributed by atoms with Gasteiger partial charge in [0.25, 0.3) is 5.69 Å². The number of carbonyl (C=O) groups excluding carboxylic acids is 1. The zero-order valence-electron chi connectivity index (χ0n) is 15.3. The summed E-state index contributed by atoms with van der Waals surface area (Å²) >= 11 is 0. The zero-order chi connectivity index (χ0) is 20.5. The molecule has 1 N–H and O–H groups in total. The lowest BCUT2D eigenvalue weighted by Gasteiger charge is -2.01. The Balaban J connectivity index is 0.000000176. The van der Waals surface area contributed by atoms with Gasteiger partial charge in [0.1, 0.15) is 5.56 Å². The highest BCUT2D eigenvalue weighted by atomic mass is 16.6. The number of imidazole rings is 1. The van der Waals surface area contributed by atoms with Crippen LogP contribution in [0.25, 0.3) is 11.1 Å². The minimum absolute atomic E-state index is 0.00634. The first-order chi connectivity index (χ1) is 14.1. The standard InChI is InChI=1S/C12H10.C10H7N3O4/c1-3-7-11(8-4-1)12-9-5-2-6-10-12;14-9(17-10-11-5-6-12-10)7-3-1-2-4-8(7)13(15)16/h1-10H;1-6H,(H,11,12). The topological polar surface area (TPSA) is 98.1 Å². The Bertz CT molecular complexity index is 1030. The number of aromatic nitrogens is 2. The number of aromatic amines is 1. The number of rotatable bonds is 4. The van der Waals surface area contributed by atoms with E-state index in [1.165, 1.54) is 47.8 Å². The summed E-state index contributed by atoms with van der Waals surface area (Å²) in [6.45, 7) is 0. The number of para-hydroxylation sites is 1. The molecule has 0 saturated heterocycles. The van der Waals surface area contributed by atoms with Gasteiger partial charge in [-0.25, -0.2) is 9.78 Å². The van der Waals surface area contributed by atoms with Crippen LogP contribution >= 0.6 is 0 Å². The van der Waals surface area contributed by atoms with Crippen molar-refractivity contribution in [3.63, 3.8) is 0 Å². The van der Waals surface area contributed by atoms with Crippen molar-refractivity contribution in [1.82, 2.24) is 9.97 Å². The Hall–Kier alpha value is -4.26. The van der Waals surface area contributed by atoms with Crippen molar-refractivity contribution in [2.45, 2.75) is 0 Å². The predicted molar refractivity (Wildman–Crippen MR) is 109 cm³/mol. The summed E-state index contributed by atoms with van der Waals surface area (Å²) in [4.78, 5) is 28.0. The number of nitrogens with zero attached hydrogens (tertiary/aromatic N) is 2. The monoisotopic (exact) mass is 387 g/mol. The van der Waals surface area contributed by atoms with Gasteiger partial charge in [0.15, 0.2) is 0 Å². The minimum Gasteiger partial charge on any atom is -0.388 e. The van der Waals surface area contributed by atoms with Crippen LogP contribution in [-0.4, -0.2) is 20.9 Å². The minimum atomic E-state index is -0.827. The van der Waals surface area contributed by atoms with Crippen LogP contribution in [0.15, 0.2) is 97.3 Å². The number of benzene rings is 3. The Morgan fingerprint density at radius 3 is 1.93 bits per heavy atom. The van der Waals surface area contributed by atoms with Crippen LogP contribution in [0.5, 0.6) is 6.01 Å². The van der Waals surface area contributed by atoms with Crippen molar-refractivity contribution in [3.8, 4) is 17.1 Å². The van der Waals surface area contributed by atoms with Crippen LogP contribution in [0.2, 0.25) is 0 Å². The third kappa shape index (κ3) is 5.36. The highest BCUT2D eigenvalue weighted by Crippen LogP contribution is 2.19. The predicted octanol–water partition coefficient (Wildman–Crippen LogP) is 4.89. The molecular formula is C22H17N3O4. The molecule has 29 heavy (non-hydrogen) atoms. The maximum Gasteiger partial charge on any atom is 0.352 e. The molecule has 3 aromatic carbocycles. The summed E-state index contributed by atoms with van der Waals surface area (Å²) in [5.74, 6) is -0.827. The molecule has 0 aliphatic carbocycles. The number of nitro benzene ring substituents is 1. The Kier molecular flexibility index (Phi) is 6.46. The molecule has 1 heterocycles. The van der Waals surface area contributed by atoms with Crippen LogP contribution < -0.4 is 4.74 Å². The van der Waals surface area contributed by atoms with E-state index in [1.54, 1.807) is 0 Å². The van der Waals surface area contributed by atoms with Gasteiger partial charge in [-0.3, -0.25) is 10.1 Å². The second-order valence-electron chi connectivity index (χ2n) is 5.79. The normalized spacial score (nSPS) is 9.79. The summed E-state index contributed by atoms with van der Waals surface area (Å²) < 4.78 is 4.82. The highest BCUT2D eigenvalue weighted by Gasteiger charge is 2.21. The lowest BCUT2D eigenvalue weighted by molar-refractivity contribution is -0.385. The van der Waals surface area contributed by atoms with Crippen LogP contribution in [-0.2, 0) is 0 Å². The SMILES string of the molecule is O=C(Oc1ncc[nH]1)c1ccccc1[N+](=O)[O-].c1ccc(-c2ccccc2)cc1. The van der Waals surface area contributed by atoms with E-state index in [0.29, 0.717) is 0 Å². The van der Waals surface area contributed by atoms with E-state index in [-0.39, 0.29) is 17.3 Å². The van der Waals surface area contributed by atoms with Gasteiger partial charge in [0, 0.05) is 18.5 Å². The molecule has 144 valence electrons. The van der Waals surface area contributed by atoms with E-state index in [1.807, 2.05) is 12.1 Å². The molecular weight excluding hydrogens is 370 g/mol. The second-order valence-corrected chi connectivity index (χ2v) is 5.79. The second kappa shape index (κ2) is 9.61. The van der Waals surface area contributed by atoms with Gasteiger partial charge in [-0.2, -0.15) is 0 Å². The van der Waals surface area contributed by atoms with Crippen molar-refractivity contribution in [2.75, 3.05) is 0 Å². The molecule has 0 aliphatic heterocycles. The maximum absolute atomic E-state index is 11.7. The van der Waals surface area contributed by atoms with Crippen molar-refractivity contribution >= 4 is 11.7 Å². The first kappa shape index (κ1) is 19.5. The smallest absolute Gasteiger partial charge is 0.352 e. The largest absolute Gasteiger partial charge is 0.388 e. The molecule has 4 aromatic rings. The lowest BCUT2D eigenvalue weighted by Crippen LogP contribution is -2.11. The van der Waals surface area contributed by atoms with Crippen molar-refractivity contribution in [1.29, 1.82) is 0 Å². The number of hydrogen-bond acceptors (Lipinski definition) is 5. The molecule has 0 saturated carbocycles. The van der Waals surface area contributed by atoms with Crippen LogP contribution in [0.3, 0.4) is 0 Å². The van der Waals surface area contributed by atoms with Gasteiger partial charge in [0.2, 0.25) is 0 Å². The van der Waals surface area contributed by atoms with Gasteiger partial charge < -0.3 is 9.72 Å². The highest BCUT2D eigenvalue weighted by molar-refractivity contribution is 5.94. The van der Waals surface area contributed by atoms with Gasteiger partial charge in [-0.15, -0.1) is 0 Å². The molecule has 7 heteroatoms. The average molecular weight is 387 g/mol. The number of nitrogens with one attached hydrogen (secondary N) is 1. The number of hydrogen-bond donors (Lipinski definition) is 1. The number of nitro groups is 1. The molecule has 0 bridgehead atoms. The van der Waals surface area contributed by atoms with Crippen molar-refractivity contribution in [3.05, 3.63) is 113 Å². The van der Waals surface area contributed by atoms with Gasteiger partial charge in [0.05, 0.1) is 4.92 Å². The van der Waals surface area contributed by atoms with Crippen molar-refractivity contribution in [2.24, 2.45) is 0 Å². The fourth-order valence-electron chi connectivity index (χ4n) is 2.52. The molecule has 4 rings (SSSR count). The van der Waals surface area contributed by atoms with E-state index >= 15 is 0 Å². The quantitative estimate of drug-likeness (QED) is 0.305. The molecule has 0 fully saturated rings. The Morgan fingerprint density at radius 1 is 0.862 bits per heavy atom. The molecule has 7 nitrogen and oxygen atoms in total. The van der Waals surface area contributed by atoms with Gasteiger partial charge in [-0.05, 0) is 17.2 Å². The Morgan fingerprint density at radius 2 is 1.41 bits per heavy atom. The number of ether oxygens (including phenoxy) is 1. The number of H-pyrrole nitrogens is 1. The third-order valence-electron chi connectivity index (χ3n) is 3.86. The molecule has 0 amide bonds. The first-order valence-electron chi connectivity index (χ1n) is 8.70. The lowest BCUT2D eigenvalue weighted by atomic mass is 10.1. The fourth-order valence-corrected chi connectivity index (χ4v) is 2.52. The summed E-state index contributed by atoms with van der Waals surface area (Å²) in [7, 11) is 0. The van der Waals surface area contributed by atoms with Gasteiger partial charge >= 0.3 is 12.0 Å². The average Bonchev–Trinajstić information content (AvgIpc) is 3.28. The summed E-state index contributed by atoms with van der Waals surface area (Å²) in [6.07, 6.45) is 2.88. The zero-order valence-corrected chi connectivity index (χ0v) is 15.3. The summed E-state index contributed by atoms with van der Waals surface area (Å²) in [5.41, 5.74) is 2.13. The third-order valence-corrected chi connectivity index (χ3v) is 3.86. The molecule has 0 atom stereocenters. The molecule has 0 spiro atoms. The van der Waals surface area contributed by atoms with E-state index in [0.717, 1.165) is 0 Å². The molecule has 0 unspecified atom stereocenters. The number of carbonyl (C=O) groups is 1. The van der Waals surface area contributed by atoms with E-state index in [4.69, 9.17) is 4.74 Å². The van der Waals surface area contributed by atoms with Crippen LogP contribution in [0.1, 0.15) is 10.4 Å². The Labute approximate surface area is 166 Å². The summed E-state index contributed by atoms with van der Waals surface area (Å²) in [5, 5.41) is 10.7.